The molecule has 13 rings (SSSR count). The highest BCUT2D eigenvalue weighted by Gasteiger charge is 2.53. The van der Waals surface area contributed by atoms with Gasteiger partial charge in [-0.2, -0.15) is 0 Å². The lowest BCUT2D eigenvalue weighted by Gasteiger charge is -2.40. The summed E-state index contributed by atoms with van der Waals surface area (Å²) >= 11 is 0. The van der Waals surface area contributed by atoms with E-state index in [1.807, 2.05) is 12.1 Å². The van der Waals surface area contributed by atoms with E-state index in [0.29, 0.717) is 23.8 Å². The van der Waals surface area contributed by atoms with E-state index in [2.05, 4.69) is 173 Å². The smallest absolute Gasteiger partial charge is 0.164 e. The summed E-state index contributed by atoms with van der Waals surface area (Å²) in [4.78, 5) is 18.5. The largest absolute Gasteiger partial charge is 0.344 e. The first kappa shape index (κ1) is 35.9. The van der Waals surface area contributed by atoms with Crippen LogP contribution in [0.3, 0.4) is 0 Å². The summed E-state index contributed by atoms with van der Waals surface area (Å²) < 4.78 is 2.82. The molecule has 300 valence electrons. The zero-order chi connectivity index (χ0) is 40.7. The quantitative estimate of drug-likeness (QED) is 0.163. The number of nitrogens with zero attached hydrogens (tertiary/aromatic N) is 5. The van der Waals surface area contributed by atoms with Gasteiger partial charge in [0.1, 0.15) is 0 Å². The molecule has 2 aromatic heterocycles. The van der Waals surface area contributed by atoms with E-state index in [1.165, 1.54) is 61.4 Å². The Morgan fingerprint density at radius 1 is 0.597 bits per heavy atom. The Balaban J connectivity index is 0.998. The molecule has 1 aliphatic heterocycles. The Bertz CT molecular complexity index is 3000. The van der Waals surface area contributed by atoms with Crippen LogP contribution >= 0.6 is 0 Å². The van der Waals surface area contributed by atoms with Gasteiger partial charge < -0.3 is 9.47 Å². The molecule has 1 saturated heterocycles. The standard InChI is InChI=1S/C57H47N5/c1-3-18-37(19-4-1)55-58-56(38-20-5-2-6-21-38)60-57(59-55)46-33-34-50(43-26-12-11-25-42(43)46)61-49-30-16-14-28-47(49)52-51(61)35-39-22-8-10-24-41(39)54(52)62-48-29-15-13-27-44(48)45-32-31-36-17-7-9-23-40(36)53(45)62/h1-11,13-15,17-25,27-29,31-32,35-36,40,47,49,52,54H,12,16,26,30,33-34H2. The second-order valence-corrected chi connectivity index (χ2v) is 17.9. The molecule has 6 unspecified atom stereocenters. The summed E-state index contributed by atoms with van der Waals surface area (Å²) in [7, 11) is 0. The third-order valence-corrected chi connectivity index (χ3v) is 14.7. The minimum Gasteiger partial charge on any atom is -0.344 e. The zero-order valence-corrected chi connectivity index (χ0v) is 34.7. The molecular weight excluding hydrogens is 755 g/mol. The lowest BCUT2D eigenvalue weighted by Crippen LogP contribution is -2.34. The van der Waals surface area contributed by atoms with E-state index < -0.39 is 0 Å². The summed E-state index contributed by atoms with van der Waals surface area (Å²) in [5.41, 5.74) is 16.0. The van der Waals surface area contributed by atoms with Crippen molar-refractivity contribution in [1.82, 2.24) is 24.4 Å². The normalized spacial score (nSPS) is 25.3. The summed E-state index contributed by atoms with van der Waals surface area (Å²) in [5.74, 6) is 3.55. The molecule has 0 amide bonds. The van der Waals surface area contributed by atoms with Gasteiger partial charge in [0.2, 0.25) is 0 Å². The Kier molecular flexibility index (Phi) is 8.32. The van der Waals surface area contributed by atoms with Crippen molar-refractivity contribution in [2.75, 3.05) is 0 Å². The highest BCUT2D eigenvalue weighted by molar-refractivity contribution is 5.93. The molecule has 3 heterocycles. The van der Waals surface area contributed by atoms with Crippen LogP contribution in [0.15, 0.2) is 186 Å². The molecule has 1 fully saturated rings. The number of benzene rings is 4. The van der Waals surface area contributed by atoms with Gasteiger partial charge in [-0.15, -0.1) is 0 Å². The van der Waals surface area contributed by atoms with E-state index in [0.717, 1.165) is 67.1 Å². The molecule has 4 aromatic carbocycles. The fourth-order valence-electron chi connectivity index (χ4n) is 12.1. The van der Waals surface area contributed by atoms with Crippen molar-refractivity contribution in [3.05, 3.63) is 215 Å². The van der Waals surface area contributed by atoms with Crippen molar-refractivity contribution in [3.63, 3.8) is 0 Å². The van der Waals surface area contributed by atoms with Crippen molar-refractivity contribution in [1.29, 1.82) is 0 Å². The SMILES string of the molecule is C1=CC2C=Cc3c(n(C4c5ccccc5C=C5C4C4C=CCCC4N5C4=C5CCC=CC5=C(c5nc(-c6ccccc6)nc(-c6ccccc6)n5)CC4)c4ccccc34)C2C=C1. The molecule has 6 aromatic rings. The summed E-state index contributed by atoms with van der Waals surface area (Å²) in [5, 5.41) is 1.36. The predicted molar refractivity (Wildman–Crippen MR) is 251 cm³/mol. The van der Waals surface area contributed by atoms with Crippen LogP contribution in [0.25, 0.3) is 51.4 Å². The van der Waals surface area contributed by atoms with Crippen LogP contribution in [0.1, 0.15) is 78.7 Å². The number of fused-ring (bicyclic) bond motifs is 10. The van der Waals surface area contributed by atoms with Crippen LogP contribution in [0.2, 0.25) is 0 Å². The second-order valence-electron chi connectivity index (χ2n) is 17.9. The van der Waals surface area contributed by atoms with Gasteiger partial charge in [0, 0.05) is 80.0 Å². The van der Waals surface area contributed by atoms with Gasteiger partial charge in [-0.05, 0) is 72.9 Å². The van der Waals surface area contributed by atoms with Crippen molar-refractivity contribution in [2.24, 2.45) is 17.8 Å². The first-order valence-electron chi connectivity index (χ1n) is 22.7. The number of likely N-dealkylation sites (tertiary alicyclic amines) is 1. The fraction of sp³-hybridized carbons (Fsp3) is 0.211. The van der Waals surface area contributed by atoms with Crippen LogP contribution in [0.5, 0.6) is 0 Å². The van der Waals surface area contributed by atoms with Gasteiger partial charge in [-0.3, -0.25) is 0 Å². The zero-order valence-electron chi connectivity index (χ0n) is 34.7. The summed E-state index contributed by atoms with van der Waals surface area (Å²) in [6.07, 6.45) is 32.7. The van der Waals surface area contributed by atoms with Gasteiger partial charge in [0.25, 0.3) is 0 Å². The minimum absolute atomic E-state index is 0.149. The van der Waals surface area contributed by atoms with E-state index in [-0.39, 0.29) is 12.0 Å². The molecule has 0 N–H and O–H groups in total. The Hall–Kier alpha value is -6.85. The monoisotopic (exact) mass is 801 g/mol. The van der Waals surface area contributed by atoms with E-state index in [4.69, 9.17) is 15.0 Å². The average Bonchev–Trinajstić information content (AvgIpc) is 3.86. The van der Waals surface area contributed by atoms with Gasteiger partial charge in [0.15, 0.2) is 17.5 Å². The molecular formula is C57H47N5. The second kappa shape index (κ2) is 14.4. The van der Waals surface area contributed by atoms with Gasteiger partial charge in [0.05, 0.1) is 6.04 Å². The Morgan fingerprint density at radius 2 is 1.34 bits per heavy atom. The first-order chi connectivity index (χ1) is 30.8. The molecule has 0 spiro atoms. The highest BCUT2D eigenvalue weighted by atomic mass is 15.2. The number of para-hydroxylation sites is 1. The van der Waals surface area contributed by atoms with E-state index in [9.17, 15) is 0 Å². The van der Waals surface area contributed by atoms with E-state index in [1.54, 1.807) is 0 Å². The topological polar surface area (TPSA) is 46.8 Å². The number of aromatic nitrogens is 4. The van der Waals surface area contributed by atoms with Crippen molar-refractivity contribution < 1.29 is 0 Å². The molecule has 7 aliphatic rings. The number of hydrogen-bond donors (Lipinski definition) is 0. The van der Waals surface area contributed by atoms with Crippen LogP contribution < -0.4 is 0 Å². The van der Waals surface area contributed by atoms with Crippen LogP contribution in [-0.4, -0.2) is 30.5 Å². The Morgan fingerprint density at radius 3 is 2.18 bits per heavy atom. The number of allylic oxidation sites excluding steroid dienone is 13. The first-order valence-corrected chi connectivity index (χ1v) is 22.7. The molecule has 0 bridgehead atoms. The number of rotatable bonds is 5. The lowest BCUT2D eigenvalue weighted by atomic mass is 9.73. The molecule has 5 nitrogen and oxygen atoms in total. The molecule has 0 saturated carbocycles. The molecule has 6 atom stereocenters. The maximum absolute atomic E-state index is 5.26. The fourth-order valence-corrected chi connectivity index (χ4v) is 12.1. The Labute approximate surface area is 363 Å². The molecule has 0 radical (unpaired) electrons. The summed E-state index contributed by atoms with van der Waals surface area (Å²) in [6.45, 7) is 0. The van der Waals surface area contributed by atoms with E-state index >= 15 is 0 Å². The molecule has 62 heavy (non-hydrogen) atoms. The lowest BCUT2D eigenvalue weighted by molar-refractivity contribution is 0.280. The van der Waals surface area contributed by atoms with Crippen LogP contribution in [0, 0.1) is 17.8 Å². The third kappa shape index (κ3) is 5.50. The maximum atomic E-state index is 5.26. The van der Waals surface area contributed by atoms with Crippen LogP contribution in [0.4, 0.5) is 0 Å². The van der Waals surface area contributed by atoms with Gasteiger partial charge in [-0.1, -0.05) is 164 Å². The van der Waals surface area contributed by atoms with Gasteiger partial charge >= 0.3 is 0 Å². The third-order valence-electron chi connectivity index (χ3n) is 14.7. The molecule has 6 aliphatic carbocycles. The predicted octanol–water partition coefficient (Wildman–Crippen LogP) is 13.1. The van der Waals surface area contributed by atoms with Crippen LogP contribution in [-0.2, 0) is 0 Å². The van der Waals surface area contributed by atoms with Gasteiger partial charge in [-0.25, -0.2) is 15.0 Å². The number of hydrogen-bond acceptors (Lipinski definition) is 4. The van der Waals surface area contributed by atoms with Crippen molar-refractivity contribution >= 4 is 28.6 Å². The van der Waals surface area contributed by atoms with Crippen molar-refractivity contribution in [3.8, 4) is 22.8 Å². The highest BCUT2D eigenvalue weighted by Crippen LogP contribution is 2.59. The summed E-state index contributed by atoms with van der Waals surface area (Å²) in [6, 6.07) is 39.8. The van der Waals surface area contributed by atoms with Crippen molar-refractivity contribution in [2.45, 2.75) is 56.5 Å². The minimum atomic E-state index is 0.149. The molecule has 5 heteroatoms. The maximum Gasteiger partial charge on any atom is 0.164 e. The average molecular weight is 802 g/mol.